The number of benzene rings is 2. The Morgan fingerprint density at radius 2 is 1.67 bits per heavy atom. The smallest absolute Gasteiger partial charge is 0.253 e. The van der Waals surface area contributed by atoms with Crippen LogP contribution in [0.1, 0.15) is 24.3 Å². The second-order valence-corrected chi connectivity index (χ2v) is 12.1. The van der Waals surface area contributed by atoms with E-state index >= 15 is 0 Å². The Morgan fingerprint density at radius 3 is 2.31 bits per heavy atom. The molecule has 0 bridgehead atoms. The van der Waals surface area contributed by atoms with Crippen LogP contribution >= 0.6 is 34.8 Å². The van der Waals surface area contributed by atoms with E-state index in [9.17, 15) is 24.3 Å². The van der Waals surface area contributed by atoms with E-state index in [1.165, 1.54) is 20.2 Å². The van der Waals surface area contributed by atoms with Crippen molar-refractivity contribution in [2.24, 2.45) is 17.8 Å². The number of likely N-dealkylation sites (tertiary alicyclic amines) is 1. The van der Waals surface area contributed by atoms with Crippen LogP contribution in [0.2, 0.25) is 5.02 Å². The van der Waals surface area contributed by atoms with Crippen LogP contribution in [0, 0.1) is 17.8 Å². The first kappa shape index (κ1) is 26.2. The molecule has 6 rings (SSSR count). The van der Waals surface area contributed by atoms with E-state index in [4.69, 9.17) is 39.5 Å². The number of carbonyl (C=O) groups is 4. The molecule has 2 aromatic carbocycles. The molecule has 2 saturated heterocycles. The molecule has 39 heavy (non-hydrogen) atoms. The lowest BCUT2D eigenvalue weighted by atomic mass is 9.56. The van der Waals surface area contributed by atoms with Gasteiger partial charge in [-0.2, -0.15) is 0 Å². The van der Waals surface area contributed by atoms with E-state index in [0.29, 0.717) is 22.0 Å². The number of phenolic OH excluding ortho intramolecular Hbond substituents is 1. The maximum Gasteiger partial charge on any atom is 0.253 e. The summed E-state index contributed by atoms with van der Waals surface area (Å²) in [5.41, 5.74) is 1.26. The number of amides is 4. The first-order valence-corrected chi connectivity index (χ1v) is 13.5. The van der Waals surface area contributed by atoms with Gasteiger partial charge in [-0.3, -0.25) is 29.0 Å². The molecule has 0 radical (unpaired) electrons. The molecule has 3 fully saturated rings. The van der Waals surface area contributed by atoms with E-state index in [1.54, 1.807) is 36.4 Å². The molecule has 1 N–H and O–H groups in total. The lowest BCUT2D eigenvalue weighted by molar-refractivity contribution is -0.138. The summed E-state index contributed by atoms with van der Waals surface area (Å²) in [6, 6.07) is 11.0. The maximum absolute atomic E-state index is 13.9. The van der Waals surface area contributed by atoms with Gasteiger partial charge < -0.3 is 9.84 Å². The Bertz CT molecular complexity index is 1490. The highest BCUT2D eigenvalue weighted by atomic mass is 35.5. The standard InChI is InChI=1S/C28H23Cl3N2O6/c1-32-25(37)27(30)12-19-16(22(28(27,31)26(32)38)17-8-7-15(39-2)11-20(17)34)9-10-18-21(19)24(36)33(23(18)35)14-5-3-13(29)4-6-14/h3-9,11,18-19,21-22,34H,10,12H2,1-2H3. The van der Waals surface area contributed by atoms with Crippen molar-refractivity contribution >= 4 is 64.1 Å². The SMILES string of the molecule is COc1ccc(C2C3=CCC4C(=O)N(c5ccc(Cl)cc5)C(=O)C4C3CC3(Cl)C(=O)N(C)C(=O)C23Cl)c(O)c1. The molecular formula is C28H23Cl3N2O6. The van der Waals surface area contributed by atoms with E-state index in [1.807, 2.05) is 6.08 Å². The number of rotatable bonds is 3. The van der Waals surface area contributed by atoms with Crippen molar-refractivity contribution in [3.05, 3.63) is 64.7 Å². The molecule has 2 aliphatic carbocycles. The summed E-state index contributed by atoms with van der Waals surface area (Å²) in [5, 5.41) is 11.5. The number of allylic oxidation sites excluding steroid dienone is 2. The molecular weight excluding hydrogens is 567 g/mol. The van der Waals surface area contributed by atoms with Crippen LogP contribution in [-0.4, -0.2) is 57.5 Å². The van der Waals surface area contributed by atoms with Gasteiger partial charge >= 0.3 is 0 Å². The highest BCUT2D eigenvalue weighted by Gasteiger charge is 2.76. The molecule has 2 heterocycles. The second-order valence-electron chi connectivity index (χ2n) is 10.4. The Labute approximate surface area is 239 Å². The summed E-state index contributed by atoms with van der Waals surface area (Å²) in [4.78, 5) is 52.7. The molecule has 2 aromatic rings. The predicted octanol–water partition coefficient (Wildman–Crippen LogP) is 4.25. The minimum absolute atomic E-state index is 0.124. The van der Waals surface area contributed by atoms with Gasteiger partial charge in [0.1, 0.15) is 11.5 Å². The van der Waals surface area contributed by atoms with Crippen molar-refractivity contribution in [1.29, 1.82) is 0 Å². The van der Waals surface area contributed by atoms with Gasteiger partial charge in [0, 0.05) is 29.6 Å². The number of hydrogen-bond donors (Lipinski definition) is 1. The lowest BCUT2D eigenvalue weighted by Gasteiger charge is -2.50. The van der Waals surface area contributed by atoms with Gasteiger partial charge in [0.2, 0.25) is 11.8 Å². The number of aromatic hydroxyl groups is 1. The van der Waals surface area contributed by atoms with Gasteiger partial charge in [0.25, 0.3) is 11.8 Å². The highest BCUT2D eigenvalue weighted by molar-refractivity contribution is 6.53. The van der Waals surface area contributed by atoms with Crippen molar-refractivity contribution in [2.45, 2.75) is 28.5 Å². The number of phenols is 1. The number of anilines is 1. The topological polar surface area (TPSA) is 104 Å². The Morgan fingerprint density at radius 1 is 0.974 bits per heavy atom. The molecule has 11 heteroatoms. The van der Waals surface area contributed by atoms with Crippen LogP contribution in [0.25, 0.3) is 0 Å². The zero-order chi connectivity index (χ0) is 28.0. The van der Waals surface area contributed by atoms with Crippen molar-refractivity contribution < 1.29 is 29.0 Å². The number of halogens is 3. The normalized spacial score (nSPS) is 33.6. The highest BCUT2D eigenvalue weighted by Crippen LogP contribution is 2.66. The molecule has 4 aliphatic rings. The zero-order valence-electron chi connectivity index (χ0n) is 20.9. The quantitative estimate of drug-likeness (QED) is 0.326. The van der Waals surface area contributed by atoms with Crippen molar-refractivity contribution in [3.63, 3.8) is 0 Å². The number of fused-ring (bicyclic) bond motifs is 4. The number of methoxy groups -OCH3 is 1. The van der Waals surface area contributed by atoms with Crippen molar-refractivity contribution in [2.75, 3.05) is 19.1 Å². The third-order valence-electron chi connectivity index (χ3n) is 8.65. The van der Waals surface area contributed by atoms with E-state index in [-0.39, 0.29) is 30.1 Å². The van der Waals surface area contributed by atoms with Crippen LogP contribution in [0.4, 0.5) is 5.69 Å². The van der Waals surface area contributed by atoms with Crippen molar-refractivity contribution in [1.82, 2.24) is 4.90 Å². The van der Waals surface area contributed by atoms with Crippen molar-refractivity contribution in [3.8, 4) is 11.5 Å². The molecule has 0 spiro atoms. The van der Waals surface area contributed by atoms with Crippen LogP contribution in [0.15, 0.2) is 54.1 Å². The van der Waals surface area contributed by atoms with Gasteiger partial charge in [-0.1, -0.05) is 29.3 Å². The fourth-order valence-corrected chi connectivity index (χ4v) is 7.97. The zero-order valence-corrected chi connectivity index (χ0v) is 23.1. The second kappa shape index (κ2) is 8.71. The average Bonchev–Trinajstić information content (AvgIpc) is 3.24. The summed E-state index contributed by atoms with van der Waals surface area (Å²) < 4.78 is 5.22. The third-order valence-corrected chi connectivity index (χ3v) is 10.3. The minimum Gasteiger partial charge on any atom is -0.508 e. The monoisotopic (exact) mass is 588 g/mol. The fourth-order valence-electron chi connectivity index (χ4n) is 6.83. The molecule has 2 aliphatic heterocycles. The molecule has 8 nitrogen and oxygen atoms in total. The van der Waals surface area contributed by atoms with Gasteiger partial charge in [0.15, 0.2) is 9.75 Å². The van der Waals surface area contributed by atoms with Gasteiger partial charge in [0.05, 0.1) is 24.6 Å². The van der Waals surface area contributed by atoms with Gasteiger partial charge in [-0.25, -0.2) is 0 Å². The number of hydrogen-bond acceptors (Lipinski definition) is 6. The molecule has 1 saturated carbocycles. The predicted molar refractivity (Wildman–Crippen MR) is 144 cm³/mol. The largest absolute Gasteiger partial charge is 0.508 e. The third kappa shape index (κ3) is 3.31. The van der Waals surface area contributed by atoms with E-state index in [0.717, 1.165) is 9.80 Å². The number of nitrogens with zero attached hydrogens (tertiary/aromatic N) is 2. The van der Waals surface area contributed by atoms with Gasteiger partial charge in [-0.05, 0) is 49.1 Å². The first-order valence-electron chi connectivity index (χ1n) is 12.4. The van der Waals surface area contributed by atoms with Crippen LogP contribution in [0.3, 0.4) is 0 Å². The Hall–Kier alpha value is -3.07. The fraction of sp³-hybridized carbons (Fsp3) is 0.357. The first-order chi connectivity index (χ1) is 18.5. The van der Waals surface area contributed by atoms with Gasteiger partial charge in [-0.15, -0.1) is 23.2 Å². The molecule has 6 atom stereocenters. The lowest BCUT2D eigenvalue weighted by Crippen LogP contribution is -2.60. The minimum atomic E-state index is -1.97. The number of alkyl halides is 2. The molecule has 6 unspecified atom stereocenters. The van der Waals surface area contributed by atoms with E-state index in [2.05, 4.69) is 0 Å². The summed E-state index contributed by atoms with van der Waals surface area (Å²) in [6.07, 6.45) is 1.91. The summed E-state index contributed by atoms with van der Waals surface area (Å²) in [5.74, 6) is -5.22. The molecule has 202 valence electrons. The number of imide groups is 2. The average molecular weight is 590 g/mol. The van der Waals surface area contributed by atoms with Crippen LogP contribution in [0.5, 0.6) is 11.5 Å². The molecule has 0 aromatic heterocycles. The number of carbonyl (C=O) groups excluding carboxylic acids is 4. The van der Waals surface area contributed by atoms with E-state index < -0.39 is 51.1 Å². The van der Waals surface area contributed by atoms with Crippen LogP contribution in [-0.2, 0) is 19.2 Å². The Kier molecular flexibility index (Phi) is 5.85. The maximum atomic E-state index is 13.9. The summed E-state index contributed by atoms with van der Waals surface area (Å²) in [7, 11) is 2.76. The molecule has 4 amide bonds. The summed E-state index contributed by atoms with van der Waals surface area (Å²) in [6.45, 7) is 0. The summed E-state index contributed by atoms with van der Waals surface area (Å²) >= 11 is 20.2. The Balaban J connectivity index is 1.52. The van der Waals surface area contributed by atoms with Crippen LogP contribution < -0.4 is 9.64 Å². The number of ether oxygens (including phenoxy) is 1.